The molecule has 0 bridgehead atoms. The zero-order valence-corrected chi connectivity index (χ0v) is 20.6. The minimum absolute atomic E-state index is 0.0679. The van der Waals surface area contributed by atoms with Crippen molar-refractivity contribution in [1.29, 1.82) is 0 Å². The molecule has 0 atom stereocenters. The first-order valence-electron chi connectivity index (χ1n) is 10.7. The fraction of sp³-hybridized carbons (Fsp3) is 0.545. The Labute approximate surface area is 198 Å². The van der Waals surface area contributed by atoms with E-state index in [0.717, 1.165) is 0 Å². The summed E-state index contributed by atoms with van der Waals surface area (Å²) >= 11 is 6.31. The van der Waals surface area contributed by atoms with E-state index in [1.54, 1.807) is 47.6 Å². The maximum absolute atomic E-state index is 12.7. The number of morpholine rings is 1. The van der Waals surface area contributed by atoms with E-state index in [1.165, 1.54) is 6.20 Å². The lowest BCUT2D eigenvalue weighted by atomic mass is 9.95. The van der Waals surface area contributed by atoms with E-state index in [0.29, 0.717) is 37.7 Å². The van der Waals surface area contributed by atoms with Gasteiger partial charge in [0.15, 0.2) is 5.82 Å². The Morgan fingerprint density at radius 1 is 0.970 bits per heavy atom. The van der Waals surface area contributed by atoms with Crippen LogP contribution in [-0.4, -0.2) is 58.1 Å². The maximum atomic E-state index is 12.7. The number of aromatic nitrogens is 4. The second-order valence-electron chi connectivity index (χ2n) is 9.84. The van der Waals surface area contributed by atoms with Gasteiger partial charge in [-0.15, -0.1) is 0 Å². The van der Waals surface area contributed by atoms with Crippen molar-refractivity contribution in [2.24, 2.45) is 10.8 Å². The van der Waals surface area contributed by atoms with Crippen LogP contribution >= 0.6 is 11.6 Å². The van der Waals surface area contributed by atoms with Crippen LogP contribution in [0.15, 0.2) is 12.3 Å². The molecule has 10 nitrogen and oxygen atoms in total. The number of nitrogens with one attached hydrogen (secondary N) is 2. The van der Waals surface area contributed by atoms with Crippen molar-refractivity contribution >= 4 is 41.0 Å². The molecule has 3 heterocycles. The highest BCUT2D eigenvalue weighted by molar-refractivity contribution is 6.29. The number of carbonyl (C=O) groups excluding carboxylic acids is 2. The van der Waals surface area contributed by atoms with Gasteiger partial charge in [-0.25, -0.2) is 15.0 Å². The summed E-state index contributed by atoms with van der Waals surface area (Å²) in [6.07, 6.45) is 1.47. The second-order valence-corrected chi connectivity index (χ2v) is 10.2. The van der Waals surface area contributed by atoms with Crippen LogP contribution in [0.2, 0.25) is 5.15 Å². The molecule has 0 radical (unpaired) electrons. The van der Waals surface area contributed by atoms with Crippen LogP contribution in [0.4, 0.5) is 17.6 Å². The van der Waals surface area contributed by atoms with Gasteiger partial charge in [0, 0.05) is 36.2 Å². The van der Waals surface area contributed by atoms with Gasteiger partial charge in [-0.2, -0.15) is 4.98 Å². The number of rotatable bonds is 4. The SMILES string of the molecule is CC(C)(C)C(=O)Nc1ncc(-c2nc(Cl)cc(N3CCOCC3)n2)c(NC(=O)C(C)(C)C)n1. The summed E-state index contributed by atoms with van der Waals surface area (Å²) < 4.78 is 5.41. The lowest BCUT2D eigenvalue weighted by molar-refractivity contribution is -0.123. The van der Waals surface area contributed by atoms with Crippen molar-refractivity contribution in [1.82, 2.24) is 19.9 Å². The molecule has 1 fully saturated rings. The molecular weight excluding hydrogens is 446 g/mol. The Morgan fingerprint density at radius 3 is 2.18 bits per heavy atom. The van der Waals surface area contributed by atoms with Gasteiger partial charge in [-0.3, -0.25) is 14.9 Å². The number of amides is 2. The molecule has 2 N–H and O–H groups in total. The van der Waals surface area contributed by atoms with Gasteiger partial charge >= 0.3 is 0 Å². The summed E-state index contributed by atoms with van der Waals surface area (Å²) in [5.41, 5.74) is -0.927. The minimum Gasteiger partial charge on any atom is -0.378 e. The van der Waals surface area contributed by atoms with Gasteiger partial charge in [-0.05, 0) is 0 Å². The molecule has 178 valence electrons. The van der Waals surface area contributed by atoms with Crippen molar-refractivity contribution < 1.29 is 14.3 Å². The number of halogens is 1. The highest BCUT2D eigenvalue weighted by Crippen LogP contribution is 2.29. The predicted molar refractivity (Wildman–Crippen MR) is 127 cm³/mol. The lowest BCUT2D eigenvalue weighted by Crippen LogP contribution is -2.36. The number of carbonyl (C=O) groups is 2. The third-order valence-electron chi connectivity index (χ3n) is 4.87. The average Bonchev–Trinajstić information content (AvgIpc) is 2.72. The first-order valence-corrected chi connectivity index (χ1v) is 11.1. The molecule has 0 aromatic carbocycles. The molecule has 33 heavy (non-hydrogen) atoms. The Hall–Kier alpha value is -2.85. The molecule has 11 heteroatoms. The predicted octanol–water partition coefficient (Wildman–Crippen LogP) is 3.39. The molecule has 2 amide bonds. The Kier molecular flexibility index (Phi) is 7.18. The van der Waals surface area contributed by atoms with Crippen molar-refractivity contribution in [3.63, 3.8) is 0 Å². The Balaban J connectivity index is 2.03. The quantitative estimate of drug-likeness (QED) is 0.645. The molecule has 3 rings (SSSR count). The summed E-state index contributed by atoms with van der Waals surface area (Å²) in [5.74, 6) is 0.652. The zero-order chi connectivity index (χ0) is 24.4. The fourth-order valence-electron chi connectivity index (χ4n) is 2.77. The molecule has 1 aliphatic heterocycles. The van der Waals surface area contributed by atoms with Gasteiger partial charge in [0.2, 0.25) is 17.8 Å². The van der Waals surface area contributed by atoms with E-state index in [9.17, 15) is 9.59 Å². The zero-order valence-electron chi connectivity index (χ0n) is 19.8. The van der Waals surface area contributed by atoms with Crippen LogP contribution in [0.5, 0.6) is 0 Å². The molecule has 1 saturated heterocycles. The molecule has 0 aliphatic carbocycles. The van der Waals surface area contributed by atoms with E-state index in [1.807, 2.05) is 4.90 Å². The Bertz CT molecular complexity index is 1040. The third kappa shape index (κ3) is 6.35. The molecule has 0 saturated carbocycles. The van der Waals surface area contributed by atoms with E-state index < -0.39 is 10.8 Å². The third-order valence-corrected chi connectivity index (χ3v) is 5.06. The summed E-state index contributed by atoms with van der Waals surface area (Å²) in [6.45, 7) is 13.3. The van der Waals surface area contributed by atoms with Crippen molar-refractivity contribution in [3.8, 4) is 11.4 Å². The molecule has 0 unspecified atom stereocenters. The van der Waals surface area contributed by atoms with Crippen LogP contribution in [0, 0.1) is 10.8 Å². The van der Waals surface area contributed by atoms with Crippen LogP contribution in [0.25, 0.3) is 11.4 Å². The number of ether oxygens (including phenoxy) is 1. The van der Waals surface area contributed by atoms with Crippen LogP contribution < -0.4 is 15.5 Å². The van der Waals surface area contributed by atoms with Gasteiger partial charge in [0.05, 0.1) is 18.8 Å². The fourth-order valence-corrected chi connectivity index (χ4v) is 2.94. The van der Waals surface area contributed by atoms with Crippen LogP contribution in [-0.2, 0) is 14.3 Å². The first kappa shape index (κ1) is 24.8. The van der Waals surface area contributed by atoms with E-state index in [4.69, 9.17) is 16.3 Å². The second kappa shape index (κ2) is 9.56. The highest BCUT2D eigenvalue weighted by atomic mass is 35.5. The van der Waals surface area contributed by atoms with E-state index in [-0.39, 0.29) is 34.6 Å². The first-order chi connectivity index (χ1) is 15.3. The van der Waals surface area contributed by atoms with Crippen molar-refractivity contribution in [2.45, 2.75) is 41.5 Å². The molecule has 2 aromatic rings. The lowest BCUT2D eigenvalue weighted by Gasteiger charge is -2.28. The Morgan fingerprint density at radius 2 is 1.58 bits per heavy atom. The van der Waals surface area contributed by atoms with Gasteiger partial charge in [-0.1, -0.05) is 53.1 Å². The average molecular weight is 476 g/mol. The van der Waals surface area contributed by atoms with Gasteiger partial charge < -0.3 is 15.0 Å². The van der Waals surface area contributed by atoms with Crippen molar-refractivity contribution in [2.75, 3.05) is 41.8 Å². The van der Waals surface area contributed by atoms with Gasteiger partial charge in [0.25, 0.3) is 0 Å². The number of hydrogen-bond donors (Lipinski definition) is 2. The largest absolute Gasteiger partial charge is 0.378 e. The normalized spacial score (nSPS) is 14.7. The summed E-state index contributed by atoms with van der Waals surface area (Å²) in [7, 11) is 0. The highest BCUT2D eigenvalue weighted by Gasteiger charge is 2.26. The standard InChI is InChI=1S/C22H30ClN7O3/c1-21(2,3)18(31)27-17-13(12-24-20(28-17)29-19(32)22(4,5)6)16-25-14(23)11-15(26-16)30-7-9-33-10-8-30/h11-12H,7-10H2,1-6H3,(H2,24,27,28,29,31,32). The summed E-state index contributed by atoms with van der Waals surface area (Å²) in [4.78, 5) is 44.8. The summed E-state index contributed by atoms with van der Waals surface area (Å²) in [5, 5.41) is 5.76. The minimum atomic E-state index is -0.675. The smallest absolute Gasteiger partial charge is 0.232 e. The van der Waals surface area contributed by atoms with Gasteiger partial charge in [0.1, 0.15) is 16.8 Å². The monoisotopic (exact) mass is 475 g/mol. The van der Waals surface area contributed by atoms with E-state index in [2.05, 4.69) is 30.6 Å². The maximum Gasteiger partial charge on any atom is 0.232 e. The molecular formula is C22H30ClN7O3. The summed E-state index contributed by atoms with van der Waals surface area (Å²) in [6, 6.07) is 1.68. The van der Waals surface area contributed by atoms with Crippen LogP contribution in [0.1, 0.15) is 41.5 Å². The molecule has 2 aromatic heterocycles. The van der Waals surface area contributed by atoms with E-state index >= 15 is 0 Å². The number of nitrogens with zero attached hydrogens (tertiary/aromatic N) is 5. The molecule has 0 spiro atoms. The number of hydrogen-bond acceptors (Lipinski definition) is 8. The topological polar surface area (TPSA) is 122 Å². The van der Waals surface area contributed by atoms with Crippen LogP contribution in [0.3, 0.4) is 0 Å². The number of anilines is 3. The molecule has 1 aliphatic rings. The van der Waals surface area contributed by atoms with Crippen molar-refractivity contribution in [3.05, 3.63) is 17.4 Å².